The molecule has 0 aromatic carbocycles. The smallest absolute Gasteiger partial charge is 0.124 e. The molecule has 1 rings (SSSR count). The summed E-state index contributed by atoms with van der Waals surface area (Å²) in [7, 11) is 0. The van der Waals surface area contributed by atoms with Gasteiger partial charge in [-0.3, -0.25) is 0 Å². The Hall–Kier alpha value is -0.520. The standard InChI is InChI=1S/C5H7NO/c1-2-5(6)3-7-4-5/h1H,3-4,6H2. The molecule has 0 amide bonds. The van der Waals surface area contributed by atoms with Crippen molar-refractivity contribution in [3.8, 4) is 12.3 Å². The zero-order chi connectivity index (χ0) is 5.33. The van der Waals surface area contributed by atoms with Crippen LogP contribution in [-0.2, 0) is 4.74 Å². The first-order valence-corrected chi connectivity index (χ1v) is 2.11. The van der Waals surface area contributed by atoms with E-state index in [1.807, 2.05) is 0 Å². The van der Waals surface area contributed by atoms with Gasteiger partial charge < -0.3 is 10.5 Å². The second-order valence-electron chi connectivity index (χ2n) is 1.79. The normalized spacial score (nSPS) is 25.1. The van der Waals surface area contributed by atoms with Crippen LogP contribution in [0.1, 0.15) is 0 Å². The number of nitrogens with two attached hydrogens (primary N) is 1. The molecule has 7 heavy (non-hydrogen) atoms. The fraction of sp³-hybridized carbons (Fsp3) is 0.600. The lowest BCUT2D eigenvalue weighted by molar-refractivity contribution is -0.0228. The fourth-order valence-electron chi connectivity index (χ4n) is 0.405. The molecule has 1 aliphatic heterocycles. The largest absolute Gasteiger partial charge is 0.375 e. The molecule has 2 nitrogen and oxygen atoms in total. The van der Waals surface area contributed by atoms with Crippen molar-refractivity contribution in [2.24, 2.45) is 5.73 Å². The van der Waals surface area contributed by atoms with Crippen LogP contribution in [0.3, 0.4) is 0 Å². The Balaban J connectivity index is 2.48. The predicted octanol–water partition coefficient (Wildman–Crippen LogP) is -0.653. The number of hydrogen-bond acceptors (Lipinski definition) is 2. The summed E-state index contributed by atoms with van der Waals surface area (Å²) < 4.78 is 4.76. The van der Waals surface area contributed by atoms with Crippen molar-refractivity contribution in [1.82, 2.24) is 0 Å². The van der Waals surface area contributed by atoms with Crippen LogP contribution < -0.4 is 5.73 Å². The highest BCUT2D eigenvalue weighted by molar-refractivity contribution is 5.15. The summed E-state index contributed by atoms with van der Waals surface area (Å²) in [6.45, 7) is 1.03. The van der Waals surface area contributed by atoms with Gasteiger partial charge in [0, 0.05) is 0 Å². The molecule has 0 aromatic heterocycles. The van der Waals surface area contributed by atoms with Gasteiger partial charge in [-0.2, -0.15) is 0 Å². The molecule has 0 spiro atoms. The van der Waals surface area contributed by atoms with Crippen molar-refractivity contribution in [3.05, 3.63) is 0 Å². The molecule has 0 aromatic rings. The molecule has 1 heterocycles. The highest BCUT2D eigenvalue weighted by Gasteiger charge is 2.31. The van der Waals surface area contributed by atoms with Gasteiger partial charge in [0.2, 0.25) is 0 Å². The number of ether oxygens (including phenoxy) is 1. The van der Waals surface area contributed by atoms with E-state index in [9.17, 15) is 0 Å². The van der Waals surface area contributed by atoms with Crippen molar-refractivity contribution in [2.45, 2.75) is 5.54 Å². The van der Waals surface area contributed by atoms with Gasteiger partial charge in [-0.1, -0.05) is 5.92 Å². The minimum atomic E-state index is -0.431. The van der Waals surface area contributed by atoms with Gasteiger partial charge in [0.1, 0.15) is 5.54 Å². The van der Waals surface area contributed by atoms with E-state index in [1.54, 1.807) is 0 Å². The van der Waals surface area contributed by atoms with E-state index >= 15 is 0 Å². The summed E-state index contributed by atoms with van der Waals surface area (Å²) in [5.41, 5.74) is 5.01. The molecule has 1 aliphatic rings. The Bertz CT molecular complexity index is 110. The van der Waals surface area contributed by atoms with E-state index in [0.29, 0.717) is 13.2 Å². The zero-order valence-corrected chi connectivity index (χ0v) is 3.98. The average molecular weight is 97.1 g/mol. The molecule has 0 radical (unpaired) electrons. The molecule has 0 unspecified atom stereocenters. The van der Waals surface area contributed by atoms with E-state index in [2.05, 4.69) is 5.92 Å². The third-order valence-electron chi connectivity index (χ3n) is 1.01. The zero-order valence-electron chi connectivity index (χ0n) is 3.98. The van der Waals surface area contributed by atoms with Crippen molar-refractivity contribution < 1.29 is 4.74 Å². The first-order valence-electron chi connectivity index (χ1n) is 2.11. The molecule has 38 valence electrons. The van der Waals surface area contributed by atoms with Gasteiger partial charge in [-0.15, -0.1) is 6.42 Å². The van der Waals surface area contributed by atoms with E-state index in [0.717, 1.165) is 0 Å². The number of rotatable bonds is 0. The van der Waals surface area contributed by atoms with Crippen molar-refractivity contribution >= 4 is 0 Å². The topological polar surface area (TPSA) is 35.2 Å². The fourth-order valence-corrected chi connectivity index (χ4v) is 0.405. The molecule has 0 aliphatic carbocycles. The van der Waals surface area contributed by atoms with Crippen LogP contribution in [0, 0.1) is 12.3 Å². The Kier molecular flexibility index (Phi) is 0.810. The van der Waals surface area contributed by atoms with Crippen LogP contribution in [0.15, 0.2) is 0 Å². The van der Waals surface area contributed by atoms with Crippen LogP contribution in [0.2, 0.25) is 0 Å². The third-order valence-corrected chi connectivity index (χ3v) is 1.01. The highest BCUT2D eigenvalue weighted by atomic mass is 16.5. The van der Waals surface area contributed by atoms with Gasteiger partial charge in [-0.05, 0) is 0 Å². The van der Waals surface area contributed by atoms with Crippen LogP contribution in [-0.4, -0.2) is 18.8 Å². The van der Waals surface area contributed by atoms with Gasteiger partial charge in [-0.25, -0.2) is 0 Å². The molecule has 2 N–H and O–H groups in total. The maximum atomic E-state index is 5.44. The van der Waals surface area contributed by atoms with Crippen LogP contribution >= 0.6 is 0 Å². The second-order valence-corrected chi connectivity index (χ2v) is 1.79. The van der Waals surface area contributed by atoms with Gasteiger partial charge >= 0.3 is 0 Å². The van der Waals surface area contributed by atoms with Gasteiger partial charge in [0.15, 0.2) is 0 Å². The lowest BCUT2D eigenvalue weighted by Crippen LogP contribution is -2.56. The van der Waals surface area contributed by atoms with Crippen molar-refractivity contribution in [3.63, 3.8) is 0 Å². The molecular weight excluding hydrogens is 90.1 g/mol. The molecule has 1 saturated heterocycles. The summed E-state index contributed by atoms with van der Waals surface area (Å²) in [5, 5.41) is 0. The minimum Gasteiger partial charge on any atom is -0.375 e. The Morgan fingerprint density at radius 2 is 2.29 bits per heavy atom. The maximum absolute atomic E-state index is 5.44. The molecule has 0 bridgehead atoms. The molecule has 2 heteroatoms. The first kappa shape index (κ1) is 4.63. The minimum absolute atomic E-state index is 0.431. The highest BCUT2D eigenvalue weighted by Crippen LogP contribution is 2.10. The Morgan fingerprint density at radius 1 is 1.71 bits per heavy atom. The van der Waals surface area contributed by atoms with Gasteiger partial charge in [0.05, 0.1) is 13.2 Å². The lowest BCUT2D eigenvalue weighted by atomic mass is 10.0. The molecule has 0 atom stereocenters. The third kappa shape index (κ3) is 0.604. The van der Waals surface area contributed by atoms with Crippen LogP contribution in [0.5, 0.6) is 0 Å². The summed E-state index contributed by atoms with van der Waals surface area (Å²) in [6, 6.07) is 0. The first-order chi connectivity index (χ1) is 3.27. The number of terminal acetylenes is 1. The summed E-state index contributed by atoms with van der Waals surface area (Å²) >= 11 is 0. The Morgan fingerprint density at radius 3 is 2.29 bits per heavy atom. The summed E-state index contributed by atoms with van der Waals surface area (Å²) in [4.78, 5) is 0. The molecule has 0 saturated carbocycles. The van der Waals surface area contributed by atoms with E-state index in [1.165, 1.54) is 0 Å². The van der Waals surface area contributed by atoms with E-state index < -0.39 is 5.54 Å². The monoisotopic (exact) mass is 97.1 g/mol. The second kappa shape index (κ2) is 1.22. The summed E-state index contributed by atoms with van der Waals surface area (Å²) in [5.74, 6) is 2.43. The van der Waals surface area contributed by atoms with E-state index in [-0.39, 0.29) is 0 Å². The van der Waals surface area contributed by atoms with Crippen molar-refractivity contribution in [1.29, 1.82) is 0 Å². The SMILES string of the molecule is C#CC1(N)COC1. The quantitative estimate of drug-likeness (QED) is 0.407. The molecular formula is C5H7NO. The van der Waals surface area contributed by atoms with Crippen LogP contribution in [0.25, 0.3) is 0 Å². The average Bonchev–Trinajstić information content (AvgIpc) is 1.61. The molecule has 1 fully saturated rings. The Labute approximate surface area is 42.6 Å². The van der Waals surface area contributed by atoms with Crippen LogP contribution in [0.4, 0.5) is 0 Å². The van der Waals surface area contributed by atoms with Crippen molar-refractivity contribution in [2.75, 3.05) is 13.2 Å². The summed E-state index contributed by atoms with van der Waals surface area (Å²) in [6.07, 6.45) is 5.01. The van der Waals surface area contributed by atoms with E-state index in [4.69, 9.17) is 16.9 Å². The maximum Gasteiger partial charge on any atom is 0.124 e. The number of hydrogen-bond donors (Lipinski definition) is 1. The predicted molar refractivity (Wildman–Crippen MR) is 26.6 cm³/mol. The lowest BCUT2D eigenvalue weighted by Gasteiger charge is -2.32. The van der Waals surface area contributed by atoms with Gasteiger partial charge in [0.25, 0.3) is 0 Å².